The van der Waals surface area contributed by atoms with Crippen LogP contribution < -0.4 is 10.6 Å². The highest BCUT2D eigenvalue weighted by Gasteiger charge is 2.21. The molecular weight excluding hydrogens is 306 g/mol. The number of hydrogen-bond acceptors (Lipinski definition) is 3. The van der Waals surface area contributed by atoms with Crippen LogP contribution in [0.1, 0.15) is 24.9 Å². The van der Waals surface area contributed by atoms with Crippen LogP contribution in [0.5, 0.6) is 0 Å². The maximum atomic E-state index is 12.5. The molecule has 1 fully saturated rings. The van der Waals surface area contributed by atoms with E-state index in [-0.39, 0.29) is 18.0 Å². The van der Waals surface area contributed by atoms with Crippen molar-refractivity contribution in [3.05, 3.63) is 48.3 Å². The SMILES string of the molecule is CC(NC(=O)N1CCNC(=O)CC1)c1ccccc1-n1cccn1. The van der Waals surface area contributed by atoms with Crippen LogP contribution in [0.3, 0.4) is 0 Å². The summed E-state index contributed by atoms with van der Waals surface area (Å²) in [5.74, 6) is -0.0117. The third-order valence-electron chi connectivity index (χ3n) is 4.09. The Morgan fingerprint density at radius 1 is 1.29 bits per heavy atom. The van der Waals surface area contributed by atoms with Crippen LogP contribution in [0.15, 0.2) is 42.7 Å². The Balaban J connectivity index is 1.72. The van der Waals surface area contributed by atoms with Crippen molar-refractivity contribution in [1.82, 2.24) is 25.3 Å². The van der Waals surface area contributed by atoms with E-state index in [0.29, 0.717) is 26.1 Å². The van der Waals surface area contributed by atoms with Crippen molar-refractivity contribution in [2.75, 3.05) is 19.6 Å². The van der Waals surface area contributed by atoms with E-state index >= 15 is 0 Å². The van der Waals surface area contributed by atoms with Gasteiger partial charge in [0.15, 0.2) is 0 Å². The second kappa shape index (κ2) is 7.16. The van der Waals surface area contributed by atoms with Gasteiger partial charge in [0.05, 0.1) is 11.7 Å². The summed E-state index contributed by atoms with van der Waals surface area (Å²) < 4.78 is 1.78. The predicted octanol–water partition coefficient (Wildman–Crippen LogP) is 1.46. The average Bonchev–Trinajstić information content (AvgIpc) is 3.03. The lowest BCUT2D eigenvalue weighted by molar-refractivity contribution is -0.120. The van der Waals surface area contributed by atoms with Crippen LogP contribution in [-0.4, -0.2) is 46.3 Å². The standard InChI is InChI=1S/C17H21N5O2/c1-13(20-17(24)21-11-7-16(23)18-9-12-21)14-5-2-3-6-15(14)22-10-4-8-19-22/h2-6,8,10,13H,7,9,11-12H2,1H3,(H,18,23)(H,20,24). The summed E-state index contributed by atoms with van der Waals surface area (Å²) >= 11 is 0. The van der Waals surface area contributed by atoms with E-state index in [2.05, 4.69) is 15.7 Å². The molecule has 7 heteroatoms. The van der Waals surface area contributed by atoms with E-state index in [1.807, 2.05) is 43.5 Å². The van der Waals surface area contributed by atoms with Crippen molar-refractivity contribution in [3.8, 4) is 5.69 Å². The third kappa shape index (κ3) is 3.56. The third-order valence-corrected chi connectivity index (χ3v) is 4.09. The molecular formula is C17H21N5O2. The molecule has 7 nitrogen and oxygen atoms in total. The van der Waals surface area contributed by atoms with E-state index < -0.39 is 0 Å². The summed E-state index contributed by atoms with van der Waals surface area (Å²) in [4.78, 5) is 25.6. The first kappa shape index (κ1) is 16.0. The van der Waals surface area contributed by atoms with Crippen LogP contribution >= 0.6 is 0 Å². The minimum Gasteiger partial charge on any atom is -0.354 e. The van der Waals surface area contributed by atoms with E-state index in [0.717, 1.165) is 11.3 Å². The van der Waals surface area contributed by atoms with Gasteiger partial charge in [0, 0.05) is 38.4 Å². The van der Waals surface area contributed by atoms with Crippen molar-refractivity contribution in [2.24, 2.45) is 0 Å². The largest absolute Gasteiger partial charge is 0.354 e. The van der Waals surface area contributed by atoms with Crippen LogP contribution in [0.4, 0.5) is 4.79 Å². The number of rotatable bonds is 3. The first-order valence-electron chi connectivity index (χ1n) is 8.06. The Bertz CT molecular complexity index is 714. The molecule has 0 saturated carbocycles. The van der Waals surface area contributed by atoms with E-state index in [1.54, 1.807) is 15.8 Å². The highest BCUT2D eigenvalue weighted by Crippen LogP contribution is 2.21. The van der Waals surface area contributed by atoms with Crippen molar-refractivity contribution in [1.29, 1.82) is 0 Å². The molecule has 0 aliphatic carbocycles. The lowest BCUT2D eigenvalue weighted by Crippen LogP contribution is -2.42. The Hall–Kier alpha value is -2.83. The van der Waals surface area contributed by atoms with Gasteiger partial charge >= 0.3 is 6.03 Å². The first-order chi connectivity index (χ1) is 11.6. The molecule has 24 heavy (non-hydrogen) atoms. The van der Waals surface area contributed by atoms with E-state index in [1.165, 1.54) is 0 Å². The number of nitrogens with zero attached hydrogens (tertiary/aromatic N) is 3. The van der Waals surface area contributed by atoms with Crippen molar-refractivity contribution in [3.63, 3.8) is 0 Å². The van der Waals surface area contributed by atoms with E-state index in [4.69, 9.17) is 0 Å². The number of hydrogen-bond donors (Lipinski definition) is 2. The molecule has 0 bridgehead atoms. The predicted molar refractivity (Wildman–Crippen MR) is 89.7 cm³/mol. The van der Waals surface area contributed by atoms with Gasteiger partial charge in [-0.1, -0.05) is 18.2 Å². The smallest absolute Gasteiger partial charge is 0.317 e. The summed E-state index contributed by atoms with van der Waals surface area (Å²) in [5, 5.41) is 10.1. The highest BCUT2D eigenvalue weighted by atomic mass is 16.2. The monoisotopic (exact) mass is 327 g/mol. The minimum absolute atomic E-state index is 0.0117. The van der Waals surface area contributed by atoms with Crippen LogP contribution in [0, 0.1) is 0 Å². The fourth-order valence-electron chi connectivity index (χ4n) is 2.80. The van der Waals surface area contributed by atoms with Crippen molar-refractivity contribution >= 4 is 11.9 Å². The van der Waals surface area contributed by atoms with Crippen molar-refractivity contribution in [2.45, 2.75) is 19.4 Å². The van der Waals surface area contributed by atoms with Gasteiger partial charge in [-0.3, -0.25) is 4.79 Å². The Kier molecular flexibility index (Phi) is 4.79. The van der Waals surface area contributed by atoms with Crippen LogP contribution in [0.2, 0.25) is 0 Å². The number of amides is 3. The maximum absolute atomic E-state index is 12.5. The van der Waals surface area contributed by atoms with Gasteiger partial charge in [-0.2, -0.15) is 5.10 Å². The highest BCUT2D eigenvalue weighted by molar-refractivity contribution is 5.79. The molecule has 1 unspecified atom stereocenters. The molecule has 0 spiro atoms. The van der Waals surface area contributed by atoms with Gasteiger partial charge in [0.2, 0.25) is 5.91 Å². The number of urea groups is 1. The minimum atomic E-state index is -0.176. The Labute approximate surface area is 140 Å². The number of carbonyl (C=O) groups excluding carboxylic acids is 2. The van der Waals surface area contributed by atoms with Gasteiger partial charge in [0.25, 0.3) is 0 Å². The normalized spacial score (nSPS) is 16.2. The lowest BCUT2D eigenvalue weighted by atomic mass is 10.1. The van der Waals surface area contributed by atoms with Gasteiger partial charge in [-0.25, -0.2) is 9.48 Å². The summed E-state index contributed by atoms with van der Waals surface area (Å²) in [6.45, 7) is 3.39. The van der Waals surface area contributed by atoms with Crippen LogP contribution in [-0.2, 0) is 4.79 Å². The summed E-state index contributed by atoms with van der Waals surface area (Å²) in [5.41, 5.74) is 1.92. The fourth-order valence-corrected chi connectivity index (χ4v) is 2.80. The molecule has 2 aromatic rings. The van der Waals surface area contributed by atoms with Crippen LogP contribution in [0.25, 0.3) is 5.69 Å². The maximum Gasteiger partial charge on any atom is 0.317 e. The molecule has 1 aliphatic rings. The lowest BCUT2D eigenvalue weighted by Gasteiger charge is -2.24. The summed E-state index contributed by atoms with van der Waals surface area (Å²) in [6.07, 6.45) is 3.94. The number of benzene rings is 1. The molecule has 1 atom stereocenters. The average molecular weight is 327 g/mol. The topological polar surface area (TPSA) is 79.3 Å². The number of carbonyl (C=O) groups is 2. The molecule has 3 amide bonds. The number of nitrogens with one attached hydrogen (secondary N) is 2. The number of aromatic nitrogens is 2. The number of para-hydroxylation sites is 1. The first-order valence-corrected chi connectivity index (χ1v) is 8.06. The molecule has 2 N–H and O–H groups in total. The summed E-state index contributed by atoms with van der Waals surface area (Å²) in [6, 6.07) is 9.37. The van der Waals surface area contributed by atoms with Crippen molar-refractivity contribution < 1.29 is 9.59 Å². The van der Waals surface area contributed by atoms with E-state index in [9.17, 15) is 9.59 Å². The Morgan fingerprint density at radius 3 is 2.92 bits per heavy atom. The van der Waals surface area contributed by atoms with Gasteiger partial charge in [-0.15, -0.1) is 0 Å². The molecule has 1 saturated heterocycles. The summed E-state index contributed by atoms with van der Waals surface area (Å²) in [7, 11) is 0. The molecule has 3 rings (SSSR count). The molecule has 2 heterocycles. The van der Waals surface area contributed by atoms with Gasteiger partial charge < -0.3 is 15.5 Å². The second-order valence-electron chi connectivity index (χ2n) is 5.77. The zero-order chi connectivity index (χ0) is 16.9. The zero-order valence-corrected chi connectivity index (χ0v) is 13.6. The zero-order valence-electron chi connectivity index (χ0n) is 13.6. The molecule has 126 valence electrons. The van der Waals surface area contributed by atoms with Gasteiger partial charge in [0.1, 0.15) is 0 Å². The molecule has 1 aromatic heterocycles. The van der Waals surface area contributed by atoms with Gasteiger partial charge in [-0.05, 0) is 24.6 Å². The molecule has 1 aromatic carbocycles. The fraction of sp³-hybridized carbons (Fsp3) is 0.353. The quantitative estimate of drug-likeness (QED) is 0.896. The molecule has 1 aliphatic heterocycles. The Morgan fingerprint density at radius 2 is 2.12 bits per heavy atom. The second-order valence-corrected chi connectivity index (χ2v) is 5.77. The molecule has 0 radical (unpaired) electrons.